The summed E-state index contributed by atoms with van der Waals surface area (Å²) in [6.45, 7) is 10.2. The molecular formula is C45H56N2O2Sn. The van der Waals surface area contributed by atoms with Gasteiger partial charge in [0.25, 0.3) is 0 Å². The average molecular weight is 776 g/mol. The SMILES string of the molecule is CCC[CH2][Sn]([CH2]CCC)([CH2]CCC)[C@@H]1[C@H](Cn2cc(C(=O)OCC)c3ccccc32)N1C(c1ccccc1)(c1ccccc1)c1ccccc1. The molecule has 262 valence electrons. The van der Waals surface area contributed by atoms with Crippen LogP contribution in [0, 0.1) is 0 Å². The number of carbonyl (C=O) groups excluding carboxylic acids is 1. The monoisotopic (exact) mass is 776 g/mol. The van der Waals surface area contributed by atoms with E-state index >= 15 is 0 Å². The number of nitrogens with zero attached hydrogens (tertiary/aromatic N) is 2. The van der Waals surface area contributed by atoms with E-state index in [1.165, 1.54) is 68.5 Å². The van der Waals surface area contributed by atoms with Crippen LogP contribution in [0.5, 0.6) is 0 Å². The Hall–Kier alpha value is -3.35. The molecule has 3 atom stereocenters. The fraction of sp³-hybridized carbons (Fsp3) is 0.400. The van der Waals surface area contributed by atoms with Gasteiger partial charge in [0.15, 0.2) is 0 Å². The molecule has 0 bridgehead atoms. The van der Waals surface area contributed by atoms with Crippen LogP contribution in [0.25, 0.3) is 10.9 Å². The van der Waals surface area contributed by atoms with Crippen LogP contribution in [-0.4, -0.2) is 50.5 Å². The van der Waals surface area contributed by atoms with E-state index in [0.717, 1.165) is 17.4 Å². The molecule has 0 N–H and O–H groups in total. The van der Waals surface area contributed by atoms with E-state index in [4.69, 9.17) is 4.74 Å². The van der Waals surface area contributed by atoms with Crippen LogP contribution in [0.4, 0.5) is 0 Å². The molecule has 5 aromatic rings. The molecule has 0 saturated carbocycles. The maximum atomic E-state index is 13.3. The molecule has 1 saturated heterocycles. The number of unbranched alkanes of at least 4 members (excludes halogenated alkanes) is 3. The summed E-state index contributed by atoms with van der Waals surface area (Å²) in [6, 6.07) is 42.7. The molecule has 1 aliphatic heterocycles. The zero-order valence-electron chi connectivity index (χ0n) is 30.7. The van der Waals surface area contributed by atoms with Gasteiger partial charge in [-0.3, -0.25) is 0 Å². The first kappa shape index (κ1) is 36.4. The number of hydrogen-bond donors (Lipinski definition) is 0. The Labute approximate surface area is 304 Å². The Balaban J connectivity index is 1.61. The summed E-state index contributed by atoms with van der Waals surface area (Å²) >= 11 is -2.94. The molecule has 2 heterocycles. The number of benzene rings is 4. The van der Waals surface area contributed by atoms with E-state index < -0.39 is 23.9 Å². The van der Waals surface area contributed by atoms with Gasteiger partial charge in [0.05, 0.1) is 0 Å². The standard InChI is InChI=1S/C33H29N2O2.3C4H9.Sn/c1-2-37-32(36)30-24-34(31-21-13-12-20-29(30)31)22-28-23-35(28)33(25-14-6-3-7-15-25,26-16-8-4-9-17-26)27-18-10-5-11-19-27;3*1-3-4-2;/h3-21,23-24,28H,2,22H2,1H3;3*1,3-4H2,2H3;/t28-,35?;;;;/m0..../s1. The van der Waals surface area contributed by atoms with E-state index in [0.29, 0.717) is 22.3 Å². The zero-order valence-corrected chi connectivity index (χ0v) is 33.5. The van der Waals surface area contributed by atoms with Crippen molar-refractivity contribution in [3.63, 3.8) is 0 Å². The Morgan fingerprint density at radius 1 is 0.660 bits per heavy atom. The van der Waals surface area contributed by atoms with E-state index in [-0.39, 0.29) is 5.97 Å². The molecule has 50 heavy (non-hydrogen) atoms. The summed E-state index contributed by atoms with van der Waals surface area (Å²) in [7, 11) is 0. The van der Waals surface area contributed by atoms with Crippen LogP contribution in [0.3, 0.4) is 0 Å². The Bertz CT molecular complexity index is 1680. The van der Waals surface area contributed by atoms with E-state index in [9.17, 15) is 4.79 Å². The van der Waals surface area contributed by atoms with Crippen molar-refractivity contribution in [2.75, 3.05) is 6.61 Å². The normalized spacial score (nSPS) is 17.6. The molecule has 1 unspecified atom stereocenters. The third-order valence-corrected chi connectivity index (χ3v) is 28.3. The quantitative estimate of drug-likeness (QED) is 0.0385. The molecule has 0 spiro atoms. The van der Waals surface area contributed by atoms with E-state index in [1.54, 1.807) is 0 Å². The van der Waals surface area contributed by atoms with Crippen molar-refractivity contribution in [2.24, 2.45) is 0 Å². The average Bonchev–Trinajstić information content (AvgIpc) is 3.76. The van der Waals surface area contributed by atoms with Crippen molar-refractivity contribution in [2.45, 2.75) is 102 Å². The molecule has 0 aliphatic carbocycles. The Morgan fingerprint density at radius 2 is 1.12 bits per heavy atom. The Morgan fingerprint density at radius 3 is 1.58 bits per heavy atom. The predicted octanol–water partition coefficient (Wildman–Crippen LogP) is 11.3. The van der Waals surface area contributed by atoms with Gasteiger partial charge in [0.1, 0.15) is 0 Å². The summed E-state index contributed by atoms with van der Waals surface area (Å²) in [4.78, 5) is 16.3. The van der Waals surface area contributed by atoms with Crippen molar-refractivity contribution < 1.29 is 9.53 Å². The molecule has 6 rings (SSSR count). The summed E-state index contributed by atoms with van der Waals surface area (Å²) in [6.07, 6.45) is 9.83. The van der Waals surface area contributed by atoms with Crippen molar-refractivity contribution in [1.82, 2.24) is 9.47 Å². The third-order valence-electron chi connectivity index (χ3n) is 11.3. The zero-order chi connectivity index (χ0) is 35.0. The first-order valence-corrected chi connectivity index (χ1v) is 27.0. The van der Waals surface area contributed by atoms with Crippen LogP contribution in [0.2, 0.25) is 13.3 Å². The van der Waals surface area contributed by atoms with Gasteiger partial charge in [0, 0.05) is 0 Å². The predicted molar refractivity (Wildman–Crippen MR) is 211 cm³/mol. The number of rotatable bonds is 18. The van der Waals surface area contributed by atoms with Gasteiger partial charge in [-0.15, -0.1) is 0 Å². The molecule has 4 aromatic carbocycles. The molecule has 0 amide bonds. The molecular weight excluding hydrogens is 719 g/mol. The summed E-state index contributed by atoms with van der Waals surface area (Å²) in [5, 5.41) is 0.980. The fourth-order valence-corrected chi connectivity index (χ4v) is 28.3. The fourth-order valence-electron chi connectivity index (χ4n) is 8.99. The van der Waals surface area contributed by atoms with Gasteiger partial charge in [-0.2, -0.15) is 0 Å². The van der Waals surface area contributed by atoms with E-state index in [1.807, 2.05) is 13.0 Å². The van der Waals surface area contributed by atoms with Crippen LogP contribution in [-0.2, 0) is 16.8 Å². The molecule has 4 nitrogen and oxygen atoms in total. The van der Waals surface area contributed by atoms with Gasteiger partial charge < -0.3 is 0 Å². The number of para-hydroxylation sites is 1. The number of carbonyl (C=O) groups is 1. The topological polar surface area (TPSA) is 34.2 Å². The van der Waals surface area contributed by atoms with Crippen LogP contribution < -0.4 is 0 Å². The second-order valence-electron chi connectivity index (χ2n) is 14.3. The van der Waals surface area contributed by atoms with Gasteiger partial charge in [-0.25, -0.2) is 0 Å². The molecule has 0 radical (unpaired) electrons. The number of hydrogen-bond acceptors (Lipinski definition) is 3. The van der Waals surface area contributed by atoms with Gasteiger partial charge in [-0.1, -0.05) is 0 Å². The second-order valence-corrected chi connectivity index (χ2v) is 28.1. The summed E-state index contributed by atoms with van der Waals surface area (Å²) < 4.78 is 12.8. The van der Waals surface area contributed by atoms with Crippen LogP contribution in [0.15, 0.2) is 121 Å². The van der Waals surface area contributed by atoms with Gasteiger partial charge >= 0.3 is 306 Å². The molecule has 1 aromatic heterocycles. The number of aromatic nitrogens is 1. The molecule has 5 heteroatoms. The Kier molecular flexibility index (Phi) is 12.2. The first-order chi connectivity index (χ1) is 24.6. The minimum atomic E-state index is -2.94. The van der Waals surface area contributed by atoms with Crippen molar-refractivity contribution in [3.8, 4) is 0 Å². The van der Waals surface area contributed by atoms with Crippen LogP contribution in [0.1, 0.15) is 93.3 Å². The number of ether oxygens (including phenoxy) is 1. The first-order valence-electron chi connectivity index (χ1n) is 19.3. The van der Waals surface area contributed by atoms with Crippen molar-refractivity contribution in [3.05, 3.63) is 144 Å². The van der Waals surface area contributed by atoms with E-state index in [2.05, 4.69) is 146 Å². The molecule has 1 aliphatic rings. The van der Waals surface area contributed by atoms with Crippen molar-refractivity contribution in [1.29, 1.82) is 0 Å². The van der Waals surface area contributed by atoms with Crippen molar-refractivity contribution >= 4 is 35.2 Å². The van der Waals surface area contributed by atoms with Gasteiger partial charge in [-0.05, 0) is 0 Å². The van der Waals surface area contributed by atoms with Gasteiger partial charge in [0.2, 0.25) is 0 Å². The number of fused-ring (bicyclic) bond motifs is 1. The minimum absolute atomic E-state index is 0.235. The number of esters is 1. The summed E-state index contributed by atoms with van der Waals surface area (Å²) in [5.74, 6) is -0.235. The third kappa shape index (κ3) is 7.08. The summed E-state index contributed by atoms with van der Waals surface area (Å²) in [5.41, 5.74) is 5.33. The molecule has 1 fully saturated rings. The second kappa shape index (κ2) is 16.8. The maximum absolute atomic E-state index is 13.3. The van der Waals surface area contributed by atoms with Crippen LogP contribution >= 0.6 is 0 Å².